The quantitative estimate of drug-likeness (QED) is 0.885. The summed E-state index contributed by atoms with van der Waals surface area (Å²) in [6.45, 7) is 0.577. The van der Waals surface area contributed by atoms with Crippen LogP contribution in [0.15, 0.2) is 16.7 Å². The molecule has 2 aliphatic rings. The highest BCUT2D eigenvalue weighted by atomic mass is 79.9. The summed E-state index contributed by atoms with van der Waals surface area (Å²) in [5.74, 6) is 0.181. The monoisotopic (exact) mass is 340 g/mol. The summed E-state index contributed by atoms with van der Waals surface area (Å²) in [7, 11) is 0. The number of carbonyl (C=O) groups excluding carboxylic acids is 1. The van der Waals surface area contributed by atoms with Crippen molar-refractivity contribution in [1.29, 1.82) is 0 Å². The maximum Gasteiger partial charge on any atom is 0.267 e. The van der Waals surface area contributed by atoms with Gasteiger partial charge in [-0.2, -0.15) is 0 Å². The van der Waals surface area contributed by atoms with Gasteiger partial charge < -0.3 is 15.0 Å². The number of hydrogen-bond acceptors (Lipinski definition) is 2. The van der Waals surface area contributed by atoms with Gasteiger partial charge in [-0.05, 0) is 47.7 Å². The van der Waals surface area contributed by atoms with Gasteiger partial charge in [-0.15, -0.1) is 0 Å². The third kappa shape index (κ3) is 3.09. The minimum absolute atomic E-state index is 0.0274. The lowest BCUT2D eigenvalue weighted by molar-refractivity contribution is 0.0660. The average molecular weight is 341 g/mol. The summed E-state index contributed by atoms with van der Waals surface area (Å²) in [6, 6.07) is 2.37. The molecule has 1 heterocycles. The molecule has 0 aromatic carbocycles. The van der Waals surface area contributed by atoms with Crippen LogP contribution in [0.5, 0.6) is 0 Å². The van der Waals surface area contributed by atoms with Crippen molar-refractivity contribution in [3.63, 3.8) is 0 Å². The number of amides is 1. The summed E-state index contributed by atoms with van der Waals surface area (Å²) in [6.07, 6.45) is 8.17. The van der Waals surface area contributed by atoms with Crippen LogP contribution in [-0.4, -0.2) is 28.2 Å². The van der Waals surface area contributed by atoms with Crippen LogP contribution < -0.4 is 5.32 Å². The number of hydrogen-bond donors (Lipinski definition) is 2. The van der Waals surface area contributed by atoms with E-state index in [1.807, 2.05) is 12.3 Å². The number of aliphatic hydroxyl groups excluding tert-OH is 1. The highest BCUT2D eigenvalue weighted by molar-refractivity contribution is 9.10. The maximum absolute atomic E-state index is 12.3. The summed E-state index contributed by atoms with van der Waals surface area (Å²) in [5.41, 5.74) is 0.727. The van der Waals surface area contributed by atoms with Gasteiger partial charge in [0.25, 0.3) is 5.91 Å². The Bertz CT molecular complexity index is 496. The van der Waals surface area contributed by atoms with Crippen LogP contribution in [0.3, 0.4) is 0 Å². The van der Waals surface area contributed by atoms with Crippen molar-refractivity contribution in [2.75, 3.05) is 6.54 Å². The standard InChI is InChI=1S/C15H21BrN2O2/c16-11-7-13(18(9-11)12-5-6-12)15(20)17-8-10-3-1-2-4-14(10)19/h7,9-10,12,14,19H,1-6,8H2,(H,17,20). The van der Waals surface area contributed by atoms with E-state index in [0.29, 0.717) is 12.6 Å². The molecule has 0 spiro atoms. The summed E-state index contributed by atoms with van der Waals surface area (Å²) >= 11 is 3.44. The lowest BCUT2D eigenvalue weighted by Gasteiger charge is -2.27. The Labute approximate surface area is 127 Å². The molecule has 0 bridgehead atoms. The Hall–Kier alpha value is -0.810. The largest absolute Gasteiger partial charge is 0.393 e. The molecule has 1 aromatic heterocycles. The van der Waals surface area contributed by atoms with Crippen molar-refractivity contribution in [1.82, 2.24) is 9.88 Å². The third-order valence-electron chi connectivity index (χ3n) is 4.38. The first-order valence-electron chi connectivity index (χ1n) is 7.49. The Morgan fingerprint density at radius 2 is 2.10 bits per heavy atom. The fourth-order valence-electron chi connectivity index (χ4n) is 3.02. The molecule has 0 aliphatic heterocycles. The van der Waals surface area contributed by atoms with Crippen LogP contribution >= 0.6 is 15.9 Å². The van der Waals surface area contributed by atoms with E-state index < -0.39 is 0 Å². The average Bonchev–Trinajstić information content (AvgIpc) is 3.20. The number of nitrogens with zero attached hydrogens (tertiary/aromatic N) is 1. The topological polar surface area (TPSA) is 54.3 Å². The molecule has 1 aromatic rings. The highest BCUT2D eigenvalue weighted by Gasteiger charge is 2.28. The van der Waals surface area contributed by atoms with Gasteiger partial charge in [-0.25, -0.2) is 0 Å². The first-order valence-corrected chi connectivity index (χ1v) is 8.28. The predicted molar refractivity (Wildman–Crippen MR) is 80.7 cm³/mol. The molecule has 0 radical (unpaired) electrons. The number of halogens is 1. The molecular weight excluding hydrogens is 320 g/mol. The van der Waals surface area contributed by atoms with Crippen molar-refractivity contribution < 1.29 is 9.90 Å². The number of aromatic nitrogens is 1. The van der Waals surface area contributed by atoms with Gasteiger partial charge in [0.15, 0.2) is 0 Å². The number of aliphatic hydroxyl groups is 1. The Balaban J connectivity index is 1.61. The third-order valence-corrected chi connectivity index (χ3v) is 4.82. The van der Waals surface area contributed by atoms with E-state index >= 15 is 0 Å². The van der Waals surface area contributed by atoms with Gasteiger partial charge >= 0.3 is 0 Å². The predicted octanol–water partition coefficient (Wildman–Crippen LogP) is 2.87. The van der Waals surface area contributed by atoms with E-state index in [1.54, 1.807) is 0 Å². The Kier molecular flexibility index (Phi) is 4.17. The fourth-order valence-corrected chi connectivity index (χ4v) is 3.46. The molecule has 2 fully saturated rings. The van der Waals surface area contributed by atoms with E-state index in [1.165, 1.54) is 0 Å². The summed E-state index contributed by atoms with van der Waals surface area (Å²) in [4.78, 5) is 12.3. The van der Waals surface area contributed by atoms with Crippen molar-refractivity contribution in [2.24, 2.45) is 5.92 Å². The van der Waals surface area contributed by atoms with Crippen LogP contribution in [0.25, 0.3) is 0 Å². The van der Waals surface area contributed by atoms with Gasteiger partial charge in [0.1, 0.15) is 5.69 Å². The van der Waals surface area contributed by atoms with Crippen molar-refractivity contribution in [2.45, 2.75) is 50.7 Å². The van der Waals surface area contributed by atoms with E-state index in [9.17, 15) is 9.90 Å². The van der Waals surface area contributed by atoms with Gasteiger partial charge in [0, 0.05) is 29.2 Å². The molecule has 2 N–H and O–H groups in total. The highest BCUT2D eigenvalue weighted by Crippen LogP contribution is 2.37. The first-order chi connectivity index (χ1) is 9.65. The Morgan fingerprint density at radius 1 is 1.35 bits per heavy atom. The summed E-state index contributed by atoms with van der Waals surface area (Å²) < 4.78 is 3.02. The Morgan fingerprint density at radius 3 is 2.80 bits per heavy atom. The molecule has 2 unspecified atom stereocenters. The second kappa shape index (κ2) is 5.90. The van der Waals surface area contributed by atoms with Crippen LogP contribution in [0.2, 0.25) is 0 Å². The zero-order valence-corrected chi connectivity index (χ0v) is 13.1. The molecule has 110 valence electrons. The molecule has 5 heteroatoms. The molecule has 4 nitrogen and oxygen atoms in total. The lowest BCUT2D eigenvalue weighted by Crippen LogP contribution is -2.37. The van der Waals surface area contributed by atoms with Crippen LogP contribution in [0.4, 0.5) is 0 Å². The van der Waals surface area contributed by atoms with Crippen LogP contribution in [0, 0.1) is 5.92 Å². The lowest BCUT2D eigenvalue weighted by atomic mass is 9.86. The number of carbonyl (C=O) groups is 1. The van der Waals surface area contributed by atoms with Crippen LogP contribution in [-0.2, 0) is 0 Å². The van der Waals surface area contributed by atoms with Crippen molar-refractivity contribution in [3.05, 3.63) is 22.4 Å². The molecule has 1 amide bonds. The second-order valence-electron chi connectivity index (χ2n) is 6.00. The SMILES string of the molecule is O=C(NCC1CCCCC1O)c1cc(Br)cn1C1CC1. The zero-order chi connectivity index (χ0) is 14.1. The second-order valence-corrected chi connectivity index (χ2v) is 6.92. The van der Waals surface area contributed by atoms with Gasteiger partial charge in [0.2, 0.25) is 0 Å². The normalized spacial score (nSPS) is 26.5. The van der Waals surface area contributed by atoms with Gasteiger partial charge in [-0.1, -0.05) is 12.8 Å². The van der Waals surface area contributed by atoms with Gasteiger partial charge in [-0.3, -0.25) is 4.79 Å². The minimum atomic E-state index is -0.258. The first kappa shape index (κ1) is 14.1. The fraction of sp³-hybridized carbons (Fsp3) is 0.667. The van der Waals surface area contributed by atoms with Crippen LogP contribution in [0.1, 0.15) is 55.1 Å². The van der Waals surface area contributed by atoms with E-state index in [2.05, 4.69) is 25.8 Å². The molecule has 2 atom stereocenters. The van der Waals surface area contributed by atoms with E-state index in [-0.39, 0.29) is 17.9 Å². The van der Waals surface area contributed by atoms with Crippen molar-refractivity contribution >= 4 is 21.8 Å². The van der Waals surface area contributed by atoms with E-state index in [0.717, 1.165) is 48.7 Å². The van der Waals surface area contributed by atoms with Crippen molar-refractivity contribution in [3.8, 4) is 0 Å². The number of nitrogens with one attached hydrogen (secondary N) is 1. The number of rotatable bonds is 4. The molecule has 3 rings (SSSR count). The molecule has 2 aliphatic carbocycles. The molecule has 2 saturated carbocycles. The van der Waals surface area contributed by atoms with Gasteiger partial charge in [0.05, 0.1) is 6.10 Å². The molecule has 0 saturated heterocycles. The smallest absolute Gasteiger partial charge is 0.267 e. The van der Waals surface area contributed by atoms with E-state index in [4.69, 9.17) is 0 Å². The molecular formula is C15H21BrN2O2. The summed E-state index contributed by atoms with van der Waals surface area (Å²) in [5, 5.41) is 12.9. The minimum Gasteiger partial charge on any atom is -0.393 e. The molecule has 20 heavy (non-hydrogen) atoms. The maximum atomic E-state index is 12.3. The zero-order valence-electron chi connectivity index (χ0n) is 11.5.